The molecule has 0 aliphatic rings. The van der Waals surface area contributed by atoms with E-state index in [0.29, 0.717) is 6.54 Å². The molecular formula is C16H26N2O2. The van der Waals surface area contributed by atoms with Crippen molar-refractivity contribution in [1.29, 1.82) is 0 Å². The summed E-state index contributed by atoms with van der Waals surface area (Å²) in [5, 5.41) is 2.93. The molecule has 4 nitrogen and oxygen atoms in total. The van der Waals surface area contributed by atoms with Crippen LogP contribution in [0.3, 0.4) is 0 Å². The number of nitrogens with two attached hydrogens (primary N) is 1. The molecule has 3 N–H and O–H groups in total. The Morgan fingerprint density at radius 3 is 2.45 bits per heavy atom. The van der Waals surface area contributed by atoms with Crippen LogP contribution in [0.15, 0.2) is 12.1 Å². The fraction of sp³-hybridized carbons (Fsp3) is 0.562. The average molecular weight is 278 g/mol. The van der Waals surface area contributed by atoms with Gasteiger partial charge in [0, 0.05) is 12.6 Å². The van der Waals surface area contributed by atoms with E-state index < -0.39 is 0 Å². The summed E-state index contributed by atoms with van der Waals surface area (Å²) in [6, 6.07) is 4.19. The molecule has 1 aromatic rings. The summed E-state index contributed by atoms with van der Waals surface area (Å²) in [5.41, 5.74) is 8.74. The van der Waals surface area contributed by atoms with E-state index in [0.717, 1.165) is 35.3 Å². The number of amides is 1. The highest BCUT2D eigenvalue weighted by Crippen LogP contribution is 2.24. The first-order chi connectivity index (χ1) is 9.47. The number of benzene rings is 1. The van der Waals surface area contributed by atoms with Crippen LogP contribution in [-0.2, 0) is 11.3 Å². The van der Waals surface area contributed by atoms with Crippen molar-refractivity contribution in [2.24, 2.45) is 5.73 Å². The van der Waals surface area contributed by atoms with Crippen LogP contribution in [0.2, 0.25) is 0 Å². The summed E-state index contributed by atoms with van der Waals surface area (Å²) >= 11 is 0. The number of hydrogen-bond donors (Lipinski definition) is 2. The van der Waals surface area contributed by atoms with Crippen LogP contribution in [0.4, 0.5) is 0 Å². The van der Waals surface area contributed by atoms with Crippen LogP contribution in [-0.4, -0.2) is 18.6 Å². The summed E-state index contributed by atoms with van der Waals surface area (Å²) < 4.78 is 5.66. The monoisotopic (exact) mass is 278 g/mol. The van der Waals surface area contributed by atoms with Crippen molar-refractivity contribution in [3.63, 3.8) is 0 Å². The molecular weight excluding hydrogens is 252 g/mol. The Morgan fingerprint density at radius 2 is 1.95 bits per heavy atom. The molecule has 112 valence electrons. The number of hydrogen-bond acceptors (Lipinski definition) is 3. The molecule has 0 spiro atoms. The molecule has 4 heteroatoms. The Kier molecular flexibility index (Phi) is 6.52. The second-order valence-corrected chi connectivity index (χ2v) is 5.31. The average Bonchev–Trinajstić information content (AvgIpc) is 2.37. The predicted molar refractivity (Wildman–Crippen MR) is 81.8 cm³/mol. The van der Waals surface area contributed by atoms with Gasteiger partial charge in [-0.2, -0.15) is 0 Å². The van der Waals surface area contributed by atoms with Gasteiger partial charge in [0.2, 0.25) is 0 Å². The first kappa shape index (κ1) is 16.5. The molecule has 0 aliphatic carbocycles. The third-order valence-corrected chi connectivity index (χ3v) is 3.23. The highest BCUT2D eigenvalue weighted by molar-refractivity contribution is 5.77. The smallest absolute Gasteiger partial charge is 0.258 e. The van der Waals surface area contributed by atoms with Crippen molar-refractivity contribution in [3.05, 3.63) is 28.8 Å². The zero-order valence-corrected chi connectivity index (χ0v) is 13.0. The summed E-state index contributed by atoms with van der Waals surface area (Å²) in [6.45, 7) is 8.62. The summed E-state index contributed by atoms with van der Waals surface area (Å²) in [4.78, 5) is 11.8. The molecule has 0 saturated carbocycles. The maximum absolute atomic E-state index is 11.8. The Balaban J connectivity index is 2.59. The predicted octanol–water partition coefficient (Wildman–Crippen LogP) is 2.45. The molecule has 0 fully saturated rings. The normalized spacial score (nSPS) is 12.1. The van der Waals surface area contributed by atoms with Gasteiger partial charge in [0.1, 0.15) is 5.75 Å². The van der Waals surface area contributed by atoms with E-state index in [9.17, 15) is 4.79 Å². The van der Waals surface area contributed by atoms with Crippen LogP contribution in [0.1, 0.15) is 43.4 Å². The third-order valence-electron chi connectivity index (χ3n) is 3.23. The number of ether oxygens (including phenoxy) is 1. The highest BCUT2D eigenvalue weighted by Gasteiger charge is 2.10. The third kappa shape index (κ3) is 4.85. The lowest BCUT2D eigenvalue weighted by molar-refractivity contribution is -0.123. The fourth-order valence-corrected chi connectivity index (χ4v) is 2.34. The Morgan fingerprint density at radius 1 is 1.35 bits per heavy atom. The Bertz CT molecular complexity index is 435. The maximum atomic E-state index is 11.8. The number of rotatable bonds is 7. The van der Waals surface area contributed by atoms with Crippen molar-refractivity contribution in [2.45, 2.75) is 53.1 Å². The van der Waals surface area contributed by atoms with Gasteiger partial charge in [-0.1, -0.05) is 25.5 Å². The van der Waals surface area contributed by atoms with E-state index in [4.69, 9.17) is 10.5 Å². The Labute approximate surface area is 121 Å². The first-order valence-corrected chi connectivity index (χ1v) is 7.20. The van der Waals surface area contributed by atoms with E-state index in [1.54, 1.807) is 0 Å². The molecule has 1 rings (SSSR count). The molecule has 0 radical (unpaired) electrons. The number of nitrogens with one attached hydrogen (secondary N) is 1. The molecule has 0 aliphatic heterocycles. The van der Waals surface area contributed by atoms with Crippen molar-refractivity contribution < 1.29 is 9.53 Å². The first-order valence-electron chi connectivity index (χ1n) is 7.20. The minimum Gasteiger partial charge on any atom is -0.483 e. The van der Waals surface area contributed by atoms with E-state index in [1.807, 2.05) is 32.9 Å². The number of carbonyl (C=O) groups is 1. The molecule has 20 heavy (non-hydrogen) atoms. The van der Waals surface area contributed by atoms with Crippen LogP contribution < -0.4 is 15.8 Å². The lowest BCUT2D eigenvalue weighted by atomic mass is 10.1. The van der Waals surface area contributed by atoms with Gasteiger partial charge in [-0.05, 0) is 43.9 Å². The van der Waals surface area contributed by atoms with E-state index >= 15 is 0 Å². The second-order valence-electron chi connectivity index (χ2n) is 5.31. The minimum absolute atomic E-state index is 0.0533. The summed E-state index contributed by atoms with van der Waals surface area (Å²) in [6.07, 6.45) is 2.04. The minimum atomic E-state index is -0.0762. The van der Waals surface area contributed by atoms with Crippen LogP contribution in [0.25, 0.3) is 0 Å². The molecule has 0 aromatic heterocycles. The highest BCUT2D eigenvalue weighted by atomic mass is 16.5. The van der Waals surface area contributed by atoms with Gasteiger partial charge in [0.15, 0.2) is 6.61 Å². The quantitative estimate of drug-likeness (QED) is 0.805. The molecule has 0 heterocycles. The maximum Gasteiger partial charge on any atom is 0.258 e. The second kappa shape index (κ2) is 7.90. The Hall–Kier alpha value is -1.55. The lowest BCUT2D eigenvalue weighted by Gasteiger charge is -2.16. The van der Waals surface area contributed by atoms with Gasteiger partial charge in [0.05, 0.1) is 0 Å². The van der Waals surface area contributed by atoms with Crippen molar-refractivity contribution in [1.82, 2.24) is 5.32 Å². The molecule has 1 atom stereocenters. The summed E-state index contributed by atoms with van der Waals surface area (Å²) in [7, 11) is 0. The van der Waals surface area contributed by atoms with Crippen molar-refractivity contribution in [3.8, 4) is 5.75 Å². The summed E-state index contributed by atoms with van der Waals surface area (Å²) in [5.74, 6) is 0.702. The topological polar surface area (TPSA) is 64.3 Å². The largest absolute Gasteiger partial charge is 0.483 e. The van der Waals surface area contributed by atoms with Gasteiger partial charge in [0.25, 0.3) is 5.91 Å². The zero-order chi connectivity index (χ0) is 15.1. The molecule has 0 saturated heterocycles. The van der Waals surface area contributed by atoms with E-state index in [1.165, 1.54) is 0 Å². The zero-order valence-electron chi connectivity index (χ0n) is 13.0. The van der Waals surface area contributed by atoms with Crippen molar-refractivity contribution >= 4 is 5.91 Å². The van der Waals surface area contributed by atoms with Gasteiger partial charge in [-0.15, -0.1) is 0 Å². The van der Waals surface area contributed by atoms with Gasteiger partial charge in [-0.3, -0.25) is 4.79 Å². The van der Waals surface area contributed by atoms with E-state index in [2.05, 4.69) is 12.2 Å². The lowest BCUT2D eigenvalue weighted by Crippen LogP contribution is -2.36. The molecule has 1 unspecified atom stereocenters. The fourth-order valence-electron chi connectivity index (χ4n) is 2.34. The van der Waals surface area contributed by atoms with Gasteiger partial charge < -0.3 is 15.8 Å². The van der Waals surface area contributed by atoms with Crippen LogP contribution in [0.5, 0.6) is 5.75 Å². The SMILES string of the molecule is CCCC(C)NC(=O)COc1c(C)cc(CN)cc1C. The van der Waals surface area contributed by atoms with Crippen molar-refractivity contribution in [2.75, 3.05) is 6.61 Å². The number of aryl methyl sites for hydroxylation is 2. The standard InChI is InChI=1S/C16H26N2O2/c1-5-6-13(4)18-15(19)10-20-16-11(2)7-14(9-17)8-12(16)3/h7-8,13H,5-6,9-10,17H2,1-4H3,(H,18,19). The molecule has 0 bridgehead atoms. The number of carbonyl (C=O) groups excluding carboxylic acids is 1. The molecule has 1 amide bonds. The van der Waals surface area contributed by atoms with E-state index in [-0.39, 0.29) is 18.6 Å². The van der Waals surface area contributed by atoms with Gasteiger partial charge >= 0.3 is 0 Å². The van der Waals surface area contributed by atoms with Crippen LogP contribution >= 0.6 is 0 Å². The van der Waals surface area contributed by atoms with Gasteiger partial charge in [-0.25, -0.2) is 0 Å². The van der Waals surface area contributed by atoms with Crippen LogP contribution in [0, 0.1) is 13.8 Å². The molecule has 1 aromatic carbocycles.